The van der Waals surface area contributed by atoms with Gasteiger partial charge in [-0.2, -0.15) is 0 Å². The predicted octanol–water partition coefficient (Wildman–Crippen LogP) is -0.0857. The number of benzene rings is 1. The molecule has 2 heterocycles. The van der Waals surface area contributed by atoms with E-state index in [1.807, 2.05) is 18.2 Å². The second-order valence-corrected chi connectivity index (χ2v) is 5.87. The lowest BCUT2D eigenvalue weighted by Gasteiger charge is -2.26. The summed E-state index contributed by atoms with van der Waals surface area (Å²) in [7, 11) is 1.61. The number of imide groups is 1. The van der Waals surface area contributed by atoms with Crippen LogP contribution in [0.15, 0.2) is 18.2 Å². The maximum Gasteiger partial charge on any atom is 0.325 e. The molecule has 8 nitrogen and oxygen atoms in total. The zero-order valence-corrected chi connectivity index (χ0v) is 13.3. The lowest BCUT2D eigenvalue weighted by molar-refractivity contribution is -0.122. The summed E-state index contributed by atoms with van der Waals surface area (Å²) in [4.78, 5) is 35.6. The highest BCUT2D eigenvalue weighted by Crippen LogP contribution is 2.30. The second-order valence-electron chi connectivity index (χ2n) is 5.87. The summed E-state index contributed by atoms with van der Waals surface area (Å²) in [6.45, 7) is 0.754. The molecule has 1 aromatic carbocycles. The first kappa shape index (κ1) is 16.1. The summed E-state index contributed by atoms with van der Waals surface area (Å²) in [5, 5.41) is 4.93. The van der Waals surface area contributed by atoms with Gasteiger partial charge in [0.25, 0.3) is 0 Å². The molecule has 0 radical (unpaired) electrons. The van der Waals surface area contributed by atoms with Crippen molar-refractivity contribution in [2.24, 2.45) is 5.92 Å². The maximum absolute atomic E-state index is 11.9. The molecule has 2 aliphatic rings. The molecule has 128 valence electrons. The molecule has 1 saturated heterocycles. The number of hydrogen-bond acceptors (Lipinski definition) is 5. The van der Waals surface area contributed by atoms with Gasteiger partial charge in [-0.15, -0.1) is 0 Å². The monoisotopic (exact) mass is 333 g/mol. The largest absolute Gasteiger partial charge is 0.497 e. The summed E-state index contributed by atoms with van der Waals surface area (Å²) >= 11 is 0. The van der Waals surface area contributed by atoms with Crippen LogP contribution in [-0.2, 0) is 16.0 Å². The van der Waals surface area contributed by atoms with Gasteiger partial charge in [-0.05, 0) is 18.1 Å². The second kappa shape index (κ2) is 6.77. The Morgan fingerprint density at radius 1 is 1.46 bits per heavy atom. The van der Waals surface area contributed by atoms with Crippen LogP contribution in [0, 0.1) is 5.92 Å². The fraction of sp³-hybridized carbons (Fsp3) is 0.438. The molecular formula is C16H19N3O5. The third-order valence-electron chi connectivity index (χ3n) is 4.05. The first-order chi connectivity index (χ1) is 11.5. The van der Waals surface area contributed by atoms with Crippen LogP contribution in [0.5, 0.6) is 11.5 Å². The number of rotatable bonds is 5. The molecule has 1 fully saturated rings. The Hall–Kier alpha value is -2.77. The van der Waals surface area contributed by atoms with E-state index in [0.29, 0.717) is 13.2 Å². The minimum absolute atomic E-state index is 0.0754. The van der Waals surface area contributed by atoms with Gasteiger partial charge in [0.05, 0.1) is 13.7 Å². The third kappa shape index (κ3) is 3.58. The number of ether oxygens (including phenoxy) is 2. The SMILES string of the molecule is COc1ccc2c(c1)OC[C@@H](CNC(=O)CN1CC(=O)NC1=O)C2. The van der Waals surface area contributed by atoms with Crippen molar-refractivity contribution in [1.82, 2.24) is 15.5 Å². The minimum Gasteiger partial charge on any atom is -0.497 e. The van der Waals surface area contributed by atoms with Crippen molar-refractivity contribution in [3.63, 3.8) is 0 Å². The Labute approximate surface area is 139 Å². The van der Waals surface area contributed by atoms with E-state index < -0.39 is 6.03 Å². The van der Waals surface area contributed by atoms with E-state index in [2.05, 4.69) is 10.6 Å². The van der Waals surface area contributed by atoms with Gasteiger partial charge >= 0.3 is 6.03 Å². The molecule has 24 heavy (non-hydrogen) atoms. The molecule has 0 bridgehead atoms. The van der Waals surface area contributed by atoms with E-state index in [9.17, 15) is 14.4 Å². The molecule has 0 spiro atoms. The molecule has 8 heteroatoms. The quantitative estimate of drug-likeness (QED) is 0.734. The van der Waals surface area contributed by atoms with Gasteiger partial charge in [0.15, 0.2) is 0 Å². The number of nitrogens with zero attached hydrogens (tertiary/aromatic N) is 1. The molecule has 0 aromatic heterocycles. The first-order valence-corrected chi connectivity index (χ1v) is 7.70. The first-order valence-electron chi connectivity index (χ1n) is 7.70. The number of carbonyl (C=O) groups excluding carboxylic acids is 3. The van der Waals surface area contributed by atoms with Crippen LogP contribution in [0.4, 0.5) is 4.79 Å². The van der Waals surface area contributed by atoms with Crippen LogP contribution < -0.4 is 20.1 Å². The fourth-order valence-corrected chi connectivity index (χ4v) is 2.77. The zero-order valence-electron chi connectivity index (χ0n) is 13.3. The molecule has 2 aliphatic heterocycles. The van der Waals surface area contributed by atoms with E-state index in [4.69, 9.17) is 9.47 Å². The number of hydrogen-bond donors (Lipinski definition) is 2. The average molecular weight is 333 g/mol. The van der Waals surface area contributed by atoms with Gasteiger partial charge in [0.2, 0.25) is 11.8 Å². The lowest BCUT2D eigenvalue weighted by atomic mass is 9.96. The van der Waals surface area contributed by atoms with E-state index in [1.165, 1.54) is 4.90 Å². The molecule has 0 saturated carbocycles. The van der Waals surface area contributed by atoms with Crippen molar-refractivity contribution in [1.29, 1.82) is 0 Å². The molecule has 0 aliphatic carbocycles. The Bertz CT molecular complexity index is 676. The predicted molar refractivity (Wildman–Crippen MR) is 83.8 cm³/mol. The number of methoxy groups -OCH3 is 1. The highest BCUT2D eigenvalue weighted by atomic mass is 16.5. The Morgan fingerprint density at radius 3 is 3.00 bits per heavy atom. The zero-order chi connectivity index (χ0) is 17.1. The molecule has 2 N–H and O–H groups in total. The third-order valence-corrected chi connectivity index (χ3v) is 4.05. The molecular weight excluding hydrogens is 314 g/mol. The fourth-order valence-electron chi connectivity index (χ4n) is 2.77. The highest BCUT2D eigenvalue weighted by molar-refractivity contribution is 6.03. The Morgan fingerprint density at radius 2 is 2.29 bits per heavy atom. The van der Waals surface area contributed by atoms with E-state index in [1.54, 1.807) is 7.11 Å². The van der Waals surface area contributed by atoms with Crippen molar-refractivity contribution in [2.75, 3.05) is 33.4 Å². The summed E-state index contributed by atoms with van der Waals surface area (Å²) in [6.07, 6.45) is 0.794. The molecule has 1 atom stereocenters. The van der Waals surface area contributed by atoms with Crippen molar-refractivity contribution >= 4 is 17.8 Å². The van der Waals surface area contributed by atoms with E-state index in [-0.39, 0.29) is 30.8 Å². The van der Waals surface area contributed by atoms with Crippen molar-refractivity contribution in [2.45, 2.75) is 6.42 Å². The Balaban J connectivity index is 1.48. The topological polar surface area (TPSA) is 97.0 Å². The van der Waals surface area contributed by atoms with Crippen LogP contribution in [0.1, 0.15) is 5.56 Å². The van der Waals surface area contributed by atoms with Crippen LogP contribution in [-0.4, -0.2) is 56.1 Å². The summed E-state index contributed by atoms with van der Waals surface area (Å²) in [6, 6.07) is 5.17. The van der Waals surface area contributed by atoms with Gasteiger partial charge in [-0.25, -0.2) is 4.79 Å². The number of urea groups is 1. The number of nitrogens with one attached hydrogen (secondary N) is 2. The number of amides is 4. The van der Waals surface area contributed by atoms with Crippen LogP contribution >= 0.6 is 0 Å². The van der Waals surface area contributed by atoms with Crippen LogP contribution in [0.2, 0.25) is 0 Å². The summed E-state index contributed by atoms with van der Waals surface area (Å²) < 4.78 is 10.9. The van der Waals surface area contributed by atoms with Crippen LogP contribution in [0.25, 0.3) is 0 Å². The number of fused-ring (bicyclic) bond motifs is 1. The van der Waals surface area contributed by atoms with Gasteiger partial charge < -0.3 is 19.7 Å². The van der Waals surface area contributed by atoms with Crippen LogP contribution in [0.3, 0.4) is 0 Å². The Kier molecular flexibility index (Phi) is 4.54. The maximum atomic E-state index is 11.9. The van der Waals surface area contributed by atoms with E-state index >= 15 is 0 Å². The smallest absolute Gasteiger partial charge is 0.325 e. The molecule has 1 aromatic rings. The summed E-state index contributed by atoms with van der Waals surface area (Å²) in [5.41, 5.74) is 1.07. The average Bonchev–Trinajstić information content (AvgIpc) is 2.89. The van der Waals surface area contributed by atoms with Gasteiger partial charge in [-0.3, -0.25) is 14.9 Å². The number of carbonyl (C=O) groups is 3. The van der Waals surface area contributed by atoms with E-state index in [0.717, 1.165) is 23.5 Å². The van der Waals surface area contributed by atoms with Crippen molar-refractivity contribution in [3.8, 4) is 11.5 Å². The standard InChI is InChI=1S/C16H19N3O5/c1-23-12-3-2-11-4-10(9-24-13(11)5-12)6-17-14(20)7-19-8-15(21)18-16(19)22/h2-3,5,10H,4,6-9H2,1H3,(H,17,20)(H,18,21,22)/t10-/m1/s1. The van der Waals surface area contributed by atoms with Gasteiger partial charge in [0, 0.05) is 18.5 Å². The highest BCUT2D eigenvalue weighted by Gasteiger charge is 2.28. The lowest BCUT2D eigenvalue weighted by Crippen LogP contribution is -2.42. The molecule has 3 rings (SSSR count). The minimum atomic E-state index is -0.529. The summed E-state index contributed by atoms with van der Waals surface area (Å²) in [5.74, 6) is 1.04. The molecule has 4 amide bonds. The molecule has 0 unspecified atom stereocenters. The van der Waals surface area contributed by atoms with Crippen molar-refractivity contribution in [3.05, 3.63) is 23.8 Å². The normalized spacial score (nSPS) is 19.4. The van der Waals surface area contributed by atoms with Crippen molar-refractivity contribution < 1.29 is 23.9 Å². The van der Waals surface area contributed by atoms with Gasteiger partial charge in [-0.1, -0.05) is 6.07 Å². The van der Waals surface area contributed by atoms with Gasteiger partial charge in [0.1, 0.15) is 24.6 Å².